The van der Waals surface area contributed by atoms with Crippen LogP contribution in [0.25, 0.3) is 0 Å². The first kappa shape index (κ1) is 24.7. The number of anilines is 2. The molecule has 1 heterocycles. The van der Waals surface area contributed by atoms with Crippen molar-refractivity contribution in [1.29, 1.82) is 0 Å². The second-order valence-electron chi connectivity index (χ2n) is 6.67. The molecule has 0 aliphatic rings. The molecule has 13 heteroatoms. The second kappa shape index (κ2) is 9.93. The Hall–Kier alpha value is -3.90. The highest BCUT2D eigenvalue weighted by Gasteiger charge is 2.33. The molecule has 5 N–H and O–H groups in total. The third kappa shape index (κ3) is 5.71. The first-order valence-corrected chi connectivity index (χ1v) is 9.68. The second-order valence-corrected chi connectivity index (χ2v) is 7.08. The summed E-state index contributed by atoms with van der Waals surface area (Å²) in [5.41, 5.74) is 3.32. The maximum atomic E-state index is 14.5. The Kier molecular flexibility index (Phi) is 7.23. The van der Waals surface area contributed by atoms with Gasteiger partial charge >= 0.3 is 12.2 Å². The number of halogens is 5. The summed E-state index contributed by atoms with van der Waals surface area (Å²) in [7, 11) is 0. The zero-order valence-electron chi connectivity index (χ0n) is 16.9. The summed E-state index contributed by atoms with van der Waals surface area (Å²) in [6, 6.07) is 6.40. The maximum absolute atomic E-state index is 14.5. The molecule has 3 amide bonds. The molecule has 0 unspecified atom stereocenters. The number of primary amides is 1. The molecule has 0 bridgehead atoms. The van der Waals surface area contributed by atoms with Crippen LogP contribution in [0.3, 0.4) is 0 Å². The third-order valence-corrected chi connectivity index (χ3v) is 4.68. The molecule has 0 saturated heterocycles. The van der Waals surface area contributed by atoms with Gasteiger partial charge in [0.25, 0.3) is 5.91 Å². The summed E-state index contributed by atoms with van der Waals surface area (Å²) in [6.07, 6.45) is -3.51. The minimum absolute atomic E-state index is 0.00169. The molecule has 0 fully saturated rings. The molecule has 1 aromatic heterocycles. The highest BCUT2D eigenvalue weighted by Crippen LogP contribution is 2.36. The van der Waals surface area contributed by atoms with E-state index in [0.29, 0.717) is 6.07 Å². The van der Waals surface area contributed by atoms with Crippen molar-refractivity contribution in [2.24, 2.45) is 5.73 Å². The van der Waals surface area contributed by atoms with Gasteiger partial charge in [0.2, 0.25) is 0 Å². The molecule has 0 aliphatic heterocycles. The average Bonchev–Trinajstić information content (AvgIpc) is 2.76. The maximum Gasteiger partial charge on any atom is 0.417 e. The molecule has 0 radical (unpaired) electrons. The minimum atomic E-state index is -4.73. The number of amides is 3. The normalized spacial score (nSPS) is 11.1. The van der Waals surface area contributed by atoms with Crippen molar-refractivity contribution in [3.05, 3.63) is 76.3 Å². The van der Waals surface area contributed by atoms with Crippen molar-refractivity contribution >= 4 is 34.9 Å². The van der Waals surface area contributed by atoms with Gasteiger partial charge in [-0.15, -0.1) is 0 Å². The van der Waals surface area contributed by atoms with E-state index in [1.54, 1.807) is 0 Å². The first-order valence-electron chi connectivity index (χ1n) is 9.30. The Morgan fingerprint density at radius 2 is 1.85 bits per heavy atom. The van der Waals surface area contributed by atoms with Crippen molar-refractivity contribution in [3.63, 3.8) is 0 Å². The number of aliphatic hydroxyl groups is 1. The zero-order valence-corrected chi connectivity index (χ0v) is 17.7. The van der Waals surface area contributed by atoms with Gasteiger partial charge < -0.3 is 26.2 Å². The summed E-state index contributed by atoms with van der Waals surface area (Å²) in [6.45, 7) is -0.621. The van der Waals surface area contributed by atoms with Gasteiger partial charge in [0.05, 0.1) is 28.4 Å². The number of nitrogens with zero attached hydrogens (tertiary/aromatic N) is 1. The fourth-order valence-electron chi connectivity index (χ4n) is 2.83. The zero-order chi connectivity index (χ0) is 25.0. The lowest BCUT2D eigenvalue weighted by Crippen LogP contribution is -2.20. The Morgan fingerprint density at radius 1 is 1.12 bits per heavy atom. The number of hydrogen-bond donors (Lipinski definition) is 4. The van der Waals surface area contributed by atoms with Gasteiger partial charge in [-0.05, 0) is 36.4 Å². The summed E-state index contributed by atoms with van der Waals surface area (Å²) in [5, 5.41) is 13.3. The number of nitrogens with two attached hydrogens (primary N) is 1. The van der Waals surface area contributed by atoms with Crippen LogP contribution in [0, 0.1) is 5.82 Å². The van der Waals surface area contributed by atoms with Crippen LogP contribution >= 0.6 is 11.6 Å². The van der Waals surface area contributed by atoms with Gasteiger partial charge in [0.15, 0.2) is 0 Å². The van der Waals surface area contributed by atoms with Crippen molar-refractivity contribution in [1.82, 2.24) is 4.98 Å². The van der Waals surface area contributed by atoms with Gasteiger partial charge in [-0.25, -0.2) is 9.18 Å². The lowest BCUT2D eigenvalue weighted by atomic mass is 10.1. The van der Waals surface area contributed by atoms with Gasteiger partial charge in [-0.3, -0.25) is 9.78 Å². The van der Waals surface area contributed by atoms with Crippen LogP contribution in [0.2, 0.25) is 5.02 Å². The molecule has 8 nitrogen and oxygen atoms in total. The molecule has 3 rings (SSSR count). The Morgan fingerprint density at radius 3 is 2.47 bits per heavy atom. The molecular formula is C21H15ClF4N4O4. The third-order valence-electron chi connectivity index (χ3n) is 4.35. The Bertz CT molecular complexity index is 1250. The van der Waals surface area contributed by atoms with Crippen LogP contribution in [0.1, 0.15) is 21.6 Å². The topological polar surface area (TPSA) is 127 Å². The first-order chi connectivity index (χ1) is 16.0. The summed E-state index contributed by atoms with van der Waals surface area (Å²) < 4.78 is 58.8. The number of hydrogen-bond acceptors (Lipinski definition) is 5. The van der Waals surface area contributed by atoms with Gasteiger partial charge in [0, 0.05) is 18.0 Å². The van der Waals surface area contributed by atoms with E-state index >= 15 is 0 Å². The van der Waals surface area contributed by atoms with Crippen molar-refractivity contribution in [2.75, 3.05) is 10.6 Å². The standard InChI is InChI=1S/C21H15ClF4N4O4/c22-14-3-1-10(7-13(14)21(24,25)26)29-20(33)30-16-4-2-11(8-15(16)23)34-17-5-6-28-18(19(27)32)12(17)9-31/h1-8,31H,9H2,(H2,27,32)(H2,29,30,33). The quantitative estimate of drug-likeness (QED) is 0.359. The van der Waals surface area contributed by atoms with Gasteiger partial charge in [-0.2, -0.15) is 13.2 Å². The summed E-state index contributed by atoms with van der Waals surface area (Å²) in [4.78, 5) is 27.3. The number of alkyl halides is 3. The Labute approximate surface area is 194 Å². The van der Waals surface area contributed by atoms with Gasteiger partial charge in [-0.1, -0.05) is 11.6 Å². The molecule has 0 saturated carbocycles. The van der Waals surface area contributed by atoms with E-state index < -0.39 is 41.1 Å². The van der Waals surface area contributed by atoms with E-state index in [0.717, 1.165) is 24.3 Å². The summed E-state index contributed by atoms with van der Waals surface area (Å²) in [5.74, 6) is -1.87. The number of aromatic nitrogens is 1. The van der Waals surface area contributed by atoms with Crippen LogP contribution in [-0.2, 0) is 12.8 Å². The fourth-order valence-corrected chi connectivity index (χ4v) is 3.05. The monoisotopic (exact) mass is 498 g/mol. The number of aliphatic hydroxyl groups excluding tert-OH is 1. The largest absolute Gasteiger partial charge is 0.457 e. The molecule has 178 valence electrons. The smallest absolute Gasteiger partial charge is 0.417 e. The number of urea groups is 1. The number of nitrogens with one attached hydrogen (secondary N) is 2. The highest BCUT2D eigenvalue weighted by molar-refractivity contribution is 6.31. The van der Waals surface area contributed by atoms with E-state index in [4.69, 9.17) is 22.1 Å². The summed E-state index contributed by atoms with van der Waals surface area (Å²) >= 11 is 5.53. The van der Waals surface area contributed by atoms with E-state index in [1.165, 1.54) is 18.3 Å². The molecule has 0 spiro atoms. The highest BCUT2D eigenvalue weighted by atomic mass is 35.5. The molecule has 0 aliphatic carbocycles. The van der Waals surface area contributed by atoms with Crippen LogP contribution in [0.5, 0.6) is 11.5 Å². The van der Waals surface area contributed by atoms with E-state index in [2.05, 4.69) is 15.6 Å². The van der Waals surface area contributed by atoms with Gasteiger partial charge in [0.1, 0.15) is 23.0 Å². The lowest BCUT2D eigenvalue weighted by Gasteiger charge is -2.14. The Balaban J connectivity index is 1.74. The molecule has 0 atom stereocenters. The number of rotatable bonds is 6. The lowest BCUT2D eigenvalue weighted by molar-refractivity contribution is -0.137. The number of carbonyl (C=O) groups is 2. The minimum Gasteiger partial charge on any atom is -0.457 e. The number of ether oxygens (including phenoxy) is 1. The molecule has 2 aromatic carbocycles. The van der Waals surface area contributed by atoms with E-state index in [1.807, 2.05) is 0 Å². The predicted molar refractivity (Wildman–Crippen MR) is 114 cm³/mol. The molecular weight excluding hydrogens is 484 g/mol. The predicted octanol–water partition coefficient (Wildman–Crippen LogP) is 4.92. The van der Waals surface area contributed by atoms with Crippen LogP contribution in [-0.4, -0.2) is 22.0 Å². The van der Waals surface area contributed by atoms with Crippen molar-refractivity contribution in [2.45, 2.75) is 12.8 Å². The molecule has 3 aromatic rings. The van der Waals surface area contributed by atoms with Crippen LogP contribution in [0.4, 0.5) is 33.7 Å². The van der Waals surface area contributed by atoms with Crippen molar-refractivity contribution in [3.8, 4) is 11.5 Å². The van der Waals surface area contributed by atoms with E-state index in [-0.39, 0.29) is 34.1 Å². The van der Waals surface area contributed by atoms with E-state index in [9.17, 15) is 32.3 Å². The fraction of sp³-hybridized carbons (Fsp3) is 0.0952. The number of benzene rings is 2. The van der Waals surface area contributed by atoms with Crippen molar-refractivity contribution < 1.29 is 37.0 Å². The van der Waals surface area contributed by atoms with Crippen LogP contribution in [0.15, 0.2) is 48.7 Å². The molecule has 34 heavy (non-hydrogen) atoms. The average molecular weight is 499 g/mol. The number of pyridine rings is 1. The van der Waals surface area contributed by atoms with Crippen LogP contribution < -0.4 is 21.1 Å². The number of carbonyl (C=O) groups excluding carboxylic acids is 2. The SMILES string of the molecule is NC(=O)c1nccc(Oc2ccc(NC(=O)Nc3ccc(Cl)c(C(F)(F)F)c3)c(F)c2)c1CO.